The van der Waals surface area contributed by atoms with E-state index in [9.17, 15) is 4.79 Å². The van der Waals surface area contributed by atoms with Crippen LogP contribution in [0.4, 0.5) is 0 Å². The number of fused-ring (bicyclic) bond motifs is 1. The van der Waals surface area contributed by atoms with Gasteiger partial charge in [-0.2, -0.15) is 0 Å². The molecular formula is C23H24BN3O2. The molecule has 0 bridgehead atoms. The molecule has 1 fully saturated rings. The van der Waals surface area contributed by atoms with Crippen LogP contribution in [0, 0.1) is 0 Å². The summed E-state index contributed by atoms with van der Waals surface area (Å²) in [7, 11) is 7.69. The van der Waals surface area contributed by atoms with Gasteiger partial charge in [0.05, 0.1) is 17.3 Å². The van der Waals surface area contributed by atoms with E-state index in [-0.39, 0.29) is 11.9 Å². The van der Waals surface area contributed by atoms with Gasteiger partial charge in [0.1, 0.15) is 20.2 Å². The Balaban J connectivity index is 1.37. The lowest BCUT2D eigenvalue weighted by Crippen LogP contribution is -2.55. The molecule has 0 saturated carbocycles. The summed E-state index contributed by atoms with van der Waals surface area (Å²) in [5, 5.41) is 1.03. The lowest BCUT2D eigenvalue weighted by Gasteiger charge is -2.37. The van der Waals surface area contributed by atoms with Crippen molar-refractivity contribution in [3.05, 3.63) is 54.6 Å². The van der Waals surface area contributed by atoms with Gasteiger partial charge in [0, 0.05) is 32.2 Å². The first-order valence-corrected chi connectivity index (χ1v) is 9.90. The van der Waals surface area contributed by atoms with E-state index in [1.165, 1.54) is 0 Å². The molecule has 1 saturated heterocycles. The fourth-order valence-corrected chi connectivity index (χ4v) is 3.67. The van der Waals surface area contributed by atoms with E-state index in [1.807, 2.05) is 68.6 Å². The maximum Gasteiger partial charge on any atom is 0.239 e. The zero-order valence-electron chi connectivity index (χ0n) is 16.8. The Morgan fingerprint density at radius 2 is 1.90 bits per heavy atom. The Hall–Kier alpha value is -2.86. The normalized spacial score (nSPS) is 17.7. The van der Waals surface area contributed by atoms with Crippen molar-refractivity contribution >= 4 is 30.1 Å². The minimum atomic E-state index is -0.0888. The van der Waals surface area contributed by atoms with Crippen LogP contribution in [0.15, 0.2) is 54.6 Å². The Morgan fingerprint density at radius 3 is 2.69 bits per heavy atom. The van der Waals surface area contributed by atoms with Gasteiger partial charge < -0.3 is 9.64 Å². The van der Waals surface area contributed by atoms with Gasteiger partial charge in [-0.3, -0.25) is 9.69 Å². The summed E-state index contributed by atoms with van der Waals surface area (Å²) in [5.41, 5.74) is 3.62. The van der Waals surface area contributed by atoms with Crippen LogP contribution in [0.2, 0.25) is 0 Å². The molecule has 0 N–H and O–H groups in total. The molecule has 2 heterocycles. The minimum Gasteiger partial charge on any atom is -0.492 e. The number of rotatable bonds is 5. The average molecular weight is 385 g/mol. The van der Waals surface area contributed by atoms with Crippen molar-refractivity contribution in [2.45, 2.75) is 13.0 Å². The highest BCUT2D eigenvalue weighted by atomic mass is 16.5. The number of ether oxygens (including phenoxy) is 1. The SMILES string of the molecule is [B]c1ccc2nc(-c3ccc(OCCN4CCN(C)C(=O)[C@H]4C)cc3)ccc2c1. The maximum atomic E-state index is 12.1. The highest BCUT2D eigenvalue weighted by molar-refractivity contribution is 6.33. The molecule has 2 radical (unpaired) electrons. The van der Waals surface area contributed by atoms with Gasteiger partial charge in [-0.25, -0.2) is 4.98 Å². The van der Waals surface area contributed by atoms with Gasteiger partial charge in [0.2, 0.25) is 5.91 Å². The number of nitrogens with zero attached hydrogens (tertiary/aromatic N) is 3. The van der Waals surface area contributed by atoms with Crippen LogP contribution in [0.1, 0.15) is 6.92 Å². The number of benzene rings is 2. The summed E-state index contributed by atoms with van der Waals surface area (Å²) in [6.07, 6.45) is 0. The third-order valence-electron chi connectivity index (χ3n) is 5.51. The van der Waals surface area contributed by atoms with Crippen LogP contribution in [-0.2, 0) is 4.79 Å². The molecule has 1 aliphatic heterocycles. The summed E-state index contributed by atoms with van der Waals surface area (Å²) in [4.78, 5) is 20.8. The predicted molar refractivity (Wildman–Crippen MR) is 117 cm³/mol. The lowest BCUT2D eigenvalue weighted by molar-refractivity contribution is -0.139. The minimum absolute atomic E-state index is 0.0888. The molecule has 0 aliphatic carbocycles. The number of piperazine rings is 1. The van der Waals surface area contributed by atoms with Crippen molar-refractivity contribution < 1.29 is 9.53 Å². The first-order valence-electron chi connectivity index (χ1n) is 9.90. The monoisotopic (exact) mass is 385 g/mol. The number of hydrogen-bond donors (Lipinski definition) is 0. The quantitative estimate of drug-likeness (QED) is 0.632. The smallest absolute Gasteiger partial charge is 0.239 e. The highest BCUT2D eigenvalue weighted by Gasteiger charge is 2.28. The molecule has 6 heteroatoms. The highest BCUT2D eigenvalue weighted by Crippen LogP contribution is 2.23. The number of amides is 1. The first-order chi connectivity index (χ1) is 14.0. The summed E-state index contributed by atoms with van der Waals surface area (Å²) >= 11 is 0. The van der Waals surface area contributed by atoms with Crippen LogP contribution in [0.3, 0.4) is 0 Å². The Labute approximate surface area is 172 Å². The fourth-order valence-electron chi connectivity index (χ4n) is 3.67. The van der Waals surface area contributed by atoms with Crippen molar-refractivity contribution in [2.24, 2.45) is 0 Å². The van der Waals surface area contributed by atoms with Crippen molar-refractivity contribution in [3.63, 3.8) is 0 Å². The van der Waals surface area contributed by atoms with Crippen molar-refractivity contribution in [2.75, 3.05) is 33.3 Å². The largest absolute Gasteiger partial charge is 0.492 e. The van der Waals surface area contributed by atoms with Gasteiger partial charge in [-0.05, 0) is 48.7 Å². The van der Waals surface area contributed by atoms with Gasteiger partial charge in [0.25, 0.3) is 0 Å². The van der Waals surface area contributed by atoms with E-state index >= 15 is 0 Å². The molecule has 1 amide bonds. The second-order valence-electron chi connectivity index (χ2n) is 7.49. The van der Waals surface area contributed by atoms with Gasteiger partial charge in [-0.15, -0.1) is 0 Å². The predicted octanol–water partition coefficient (Wildman–Crippen LogP) is 2.24. The molecular weight excluding hydrogens is 361 g/mol. The topological polar surface area (TPSA) is 45.7 Å². The van der Waals surface area contributed by atoms with Gasteiger partial charge in [-0.1, -0.05) is 23.7 Å². The second-order valence-corrected chi connectivity index (χ2v) is 7.49. The average Bonchev–Trinajstić information content (AvgIpc) is 2.74. The molecule has 146 valence electrons. The molecule has 1 aliphatic rings. The van der Waals surface area contributed by atoms with E-state index < -0.39 is 0 Å². The summed E-state index contributed by atoms with van der Waals surface area (Å²) in [6, 6.07) is 17.6. The van der Waals surface area contributed by atoms with Crippen molar-refractivity contribution in [3.8, 4) is 17.0 Å². The fraction of sp³-hybridized carbons (Fsp3) is 0.304. The van der Waals surface area contributed by atoms with Crippen LogP contribution in [0.25, 0.3) is 22.2 Å². The second kappa shape index (κ2) is 8.25. The van der Waals surface area contributed by atoms with Crippen LogP contribution >= 0.6 is 0 Å². The number of aromatic nitrogens is 1. The van der Waals surface area contributed by atoms with Crippen LogP contribution in [0.5, 0.6) is 5.75 Å². The van der Waals surface area contributed by atoms with E-state index in [0.29, 0.717) is 6.61 Å². The van der Waals surface area contributed by atoms with Crippen LogP contribution in [-0.4, -0.2) is 67.9 Å². The first kappa shape index (κ1) is 19.5. The number of likely N-dealkylation sites (N-methyl/N-ethyl adjacent to an activating group) is 1. The third-order valence-corrected chi connectivity index (χ3v) is 5.51. The third kappa shape index (κ3) is 4.27. The zero-order chi connectivity index (χ0) is 20.4. The molecule has 3 aromatic rings. The lowest BCUT2D eigenvalue weighted by atomic mass is 9.94. The van der Waals surface area contributed by atoms with Crippen LogP contribution < -0.4 is 10.2 Å². The molecule has 5 nitrogen and oxygen atoms in total. The summed E-state index contributed by atoms with van der Waals surface area (Å²) in [5.74, 6) is 0.988. The number of hydrogen-bond acceptors (Lipinski definition) is 4. The van der Waals surface area contributed by atoms with E-state index in [1.54, 1.807) is 4.90 Å². The zero-order valence-corrected chi connectivity index (χ0v) is 16.8. The van der Waals surface area contributed by atoms with E-state index in [2.05, 4.69) is 4.90 Å². The summed E-state index contributed by atoms with van der Waals surface area (Å²) < 4.78 is 5.89. The van der Waals surface area contributed by atoms with Gasteiger partial charge >= 0.3 is 0 Å². The molecule has 1 atom stereocenters. The molecule has 0 spiro atoms. The number of carbonyl (C=O) groups is 1. The summed E-state index contributed by atoms with van der Waals surface area (Å²) in [6.45, 7) is 4.89. The van der Waals surface area contributed by atoms with Gasteiger partial charge in [0.15, 0.2) is 0 Å². The van der Waals surface area contributed by atoms with Crippen molar-refractivity contribution in [1.29, 1.82) is 0 Å². The van der Waals surface area contributed by atoms with E-state index in [4.69, 9.17) is 17.6 Å². The molecule has 2 aromatic carbocycles. The molecule has 4 rings (SSSR count). The Morgan fingerprint density at radius 1 is 1.10 bits per heavy atom. The standard InChI is InChI=1S/C23H24BN3O2/c1-16-23(28)26(2)11-12-27(16)13-14-29-20-7-3-17(4-8-20)21-9-5-18-15-19(24)6-10-22(18)25-21/h3-10,15-16H,11-14H2,1-2H3/t16-/m1/s1. The maximum absolute atomic E-state index is 12.1. The Bertz CT molecular complexity index is 1020. The van der Waals surface area contributed by atoms with E-state index in [0.717, 1.165) is 53.0 Å². The molecule has 29 heavy (non-hydrogen) atoms. The molecule has 0 unspecified atom stereocenters. The Kier molecular flexibility index (Phi) is 5.54. The molecule has 1 aromatic heterocycles. The van der Waals surface area contributed by atoms with Crippen molar-refractivity contribution in [1.82, 2.24) is 14.8 Å². The number of pyridine rings is 1. The number of carbonyl (C=O) groups excluding carboxylic acids is 1.